The third kappa shape index (κ3) is 3.67. The molecule has 0 bridgehead atoms. The van der Waals surface area contributed by atoms with Crippen LogP contribution in [0.5, 0.6) is 0 Å². The van der Waals surface area contributed by atoms with Gasteiger partial charge in [0.15, 0.2) is 0 Å². The second-order valence-electron chi connectivity index (χ2n) is 3.58. The van der Waals surface area contributed by atoms with Gasteiger partial charge in [0.05, 0.1) is 12.7 Å². The minimum absolute atomic E-state index is 0.0878. The molecule has 1 aromatic heterocycles. The number of ether oxygens (including phenoxy) is 1. The Bertz CT molecular complexity index is 334. The summed E-state index contributed by atoms with van der Waals surface area (Å²) in [5.74, 6) is -0.0878. The fourth-order valence-electron chi connectivity index (χ4n) is 1.45. The molecule has 0 aliphatic rings. The van der Waals surface area contributed by atoms with Crippen LogP contribution in [-0.4, -0.2) is 35.8 Å². The predicted molar refractivity (Wildman–Crippen MR) is 60.0 cm³/mol. The van der Waals surface area contributed by atoms with E-state index in [0.29, 0.717) is 13.2 Å². The van der Waals surface area contributed by atoms with E-state index in [-0.39, 0.29) is 12.5 Å². The van der Waals surface area contributed by atoms with Crippen LogP contribution in [0.25, 0.3) is 0 Å². The highest BCUT2D eigenvalue weighted by Crippen LogP contribution is 2.12. The van der Waals surface area contributed by atoms with Crippen molar-refractivity contribution in [3.8, 4) is 0 Å². The molecule has 5 nitrogen and oxygen atoms in total. The summed E-state index contributed by atoms with van der Waals surface area (Å²) in [6.07, 6.45) is 1.21. The second kappa shape index (κ2) is 6.30. The Morgan fingerprint density at radius 1 is 1.69 bits per heavy atom. The van der Waals surface area contributed by atoms with Crippen LogP contribution in [0.4, 0.5) is 0 Å². The Morgan fingerprint density at radius 3 is 3.06 bits per heavy atom. The molecule has 1 unspecified atom stereocenters. The van der Waals surface area contributed by atoms with Crippen molar-refractivity contribution >= 4 is 5.91 Å². The van der Waals surface area contributed by atoms with E-state index in [1.54, 1.807) is 30.9 Å². The molecule has 1 atom stereocenters. The van der Waals surface area contributed by atoms with Gasteiger partial charge in [0, 0.05) is 25.5 Å². The van der Waals surface area contributed by atoms with Crippen molar-refractivity contribution in [1.82, 2.24) is 9.88 Å². The first-order chi connectivity index (χ1) is 7.65. The molecule has 2 N–H and O–H groups in total. The number of carbonyl (C=O) groups excluding carboxylic acids is 1. The summed E-state index contributed by atoms with van der Waals surface area (Å²) < 4.78 is 6.56. The minimum atomic E-state index is -0.568. The van der Waals surface area contributed by atoms with E-state index in [1.165, 1.54) is 0 Å². The number of hydrogen-bond acceptors (Lipinski definition) is 3. The zero-order chi connectivity index (χ0) is 12.0. The highest BCUT2D eigenvalue weighted by molar-refractivity contribution is 5.75. The summed E-state index contributed by atoms with van der Waals surface area (Å²) >= 11 is 0. The van der Waals surface area contributed by atoms with Crippen molar-refractivity contribution in [2.75, 3.05) is 20.3 Å². The minimum Gasteiger partial charge on any atom is -0.387 e. The van der Waals surface area contributed by atoms with Crippen LogP contribution >= 0.6 is 0 Å². The third-order valence-corrected chi connectivity index (χ3v) is 2.23. The molecule has 0 radical (unpaired) electrons. The number of aliphatic hydroxyl groups excluding tert-OH is 1. The molecule has 0 spiro atoms. The number of aromatic nitrogens is 1. The fraction of sp³-hybridized carbons (Fsp3) is 0.545. The highest BCUT2D eigenvalue weighted by Gasteiger charge is 2.09. The Labute approximate surface area is 95.0 Å². The topological polar surface area (TPSA) is 63.5 Å². The number of carbonyl (C=O) groups is 1. The average molecular weight is 226 g/mol. The molecule has 1 rings (SSSR count). The van der Waals surface area contributed by atoms with E-state index in [4.69, 9.17) is 4.74 Å². The first-order valence-electron chi connectivity index (χ1n) is 5.24. The number of hydrogen-bond donors (Lipinski definition) is 2. The molecular weight excluding hydrogens is 208 g/mol. The summed E-state index contributed by atoms with van der Waals surface area (Å²) in [6.45, 7) is 2.90. The van der Waals surface area contributed by atoms with Gasteiger partial charge in [-0.05, 0) is 19.1 Å². The van der Waals surface area contributed by atoms with E-state index in [0.717, 1.165) is 5.69 Å². The zero-order valence-electron chi connectivity index (χ0n) is 9.64. The monoisotopic (exact) mass is 226 g/mol. The van der Waals surface area contributed by atoms with Gasteiger partial charge < -0.3 is 19.7 Å². The van der Waals surface area contributed by atoms with Gasteiger partial charge in [-0.1, -0.05) is 0 Å². The van der Waals surface area contributed by atoms with Crippen LogP contribution in [0.2, 0.25) is 0 Å². The van der Waals surface area contributed by atoms with Crippen molar-refractivity contribution < 1.29 is 14.6 Å². The van der Waals surface area contributed by atoms with Crippen LogP contribution in [0.1, 0.15) is 18.7 Å². The number of nitrogens with one attached hydrogen (secondary N) is 1. The summed E-state index contributed by atoms with van der Waals surface area (Å²) in [5.41, 5.74) is 0.738. The Hall–Kier alpha value is -1.33. The van der Waals surface area contributed by atoms with E-state index in [9.17, 15) is 9.90 Å². The maximum atomic E-state index is 11.5. The molecule has 16 heavy (non-hydrogen) atoms. The Morgan fingerprint density at radius 2 is 2.44 bits per heavy atom. The van der Waals surface area contributed by atoms with Gasteiger partial charge in [-0.2, -0.15) is 0 Å². The van der Waals surface area contributed by atoms with E-state index in [2.05, 4.69) is 5.32 Å². The zero-order valence-corrected chi connectivity index (χ0v) is 9.64. The second-order valence-corrected chi connectivity index (χ2v) is 3.58. The first kappa shape index (κ1) is 12.7. The fourth-order valence-corrected chi connectivity index (χ4v) is 1.45. The Kier molecular flexibility index (Phi) is 5.01. The summed E-state index contributed by atoms with van der Waals surface area (Å²) in [6, 6.07) is 3.61. The van der Waals surface area contributed by atoms with Crippen molar-refractivity contribution in [1.29, 1.82) is 0 Å². The van der Waals surface area contributed by atoms with Crippen molar-refractivity contribution in [3.63, 3.8) is 0 Å². The summed E-state index contributed by atoms with van der Waals surface area (Å²) in [4.78, 5) is 11.5. The lowest BCUT2D eigenvalue weighted by molar-refractivity contribution is -0.121. The molecule has 0 saturated carbocycles. The third-order valence-electron chi connectivity index (χ3n) is 2.23. The van der Waals surface area contributed by atoms with Crippen LogP contribution in [0.3, 0.4) is 0 Å². The molecule has 0 aliphatic heterocycles. The van der Waals surface area contributed by atoms with E-state index >= 15 is 0 Å². The van der Waals surface area contributed by atoms with Gasteiger partial charge in [0.25, 0.3) is 0 Å². The van der Waals surface area contributed by atoms with Crippen molar-refractivity contribution in [2.24, 2.45) is 0 Å². The lowest BCUT2D eigenvalue weighted by Gasteiger charge is -2.11. The molecule has 1 amide bonds. The normalized spacial score (nSPS) is 12.4. The number of amides is 1. The smallest absolute Gasteiger partial charge is 0.240 e. The van der Waals surface area contributed by atoms with Crippen LogP contribution in [-0.2, 0) is 16.1 Å². The molecule has 0 aliphatic carbocycles. The molecule has 0 saturated heterocycles. The van der Waals surface area contributed by atoms with Gasteiger partial charge in [-0.3, -0.25) is 4.79 Å². The number of aliphatic hydroxyl groups is 1. The van der Waals surface area contributed by atoms with Crippen LogP contribution in [0.15, 0.2) is 18.3 Å². The van der Waals surface area contributed by atoms with Gasteiger partial charge in [-0.25, -0.2) is 0 Å². The number of methoxy groups -OCH3 is 1. The van der Waals surface area contributed by atoms with Crippen molar-refractivity contribution in [3.05, 3.63) is 24.0 Å². The van der Waals surface area contributed by atoms with Crippen LogP contribution < -0.4 is 5.32 Å². The highest BCUT2D eigenvalue weighted by atomic mass is 16.5. The Balaban J connectivity index is 2.46. The largest absolute Gasteiger partial charge is 0.387 e. The van der Waals surface area contributed by atoms with Gasteiger partial charge in [-0.15, -0.1) is 0 Å². The molecular formula is C11H18N2O3. The molecule has 1 aromatic rings. The molecule has 0 fully saturated rings. The van der Waals surface area contributed by atoms with Gasteiger partial charge >= 0.3 is 0 Å². The maximum Gasteiger partial charge on any atom is 0.240 e. The van der Waals surface area contributed by atoms with E-state index < -0.39 is 6.10 Å². The van der Waals surface area contributed by atoms with E-state index in [1.807, 2.05) is 6.07 Å². The lowest BCUT2D eigenvalue weighted by atomic mass is 10.3. The molecule has 1 heterocycles. The number of nitrogens with zero attached hydrogens (tertiary/aromatic N) is 1. The summed E-state index contributed by atoms with van der Waals surface area (Å²) in [7, 11) is 1.59. The molecule has 5 heteroatoms. The van der Waals surface area contributed by atoms with Crippen LogP contribution in [0, 0.1) is 0 Å². The first-order valence-corrected chi connectivity index (χ1v) is 5.24. The quantitative estimate of drug-likeness (QED) is 0.686. The summed E-state index contributed by atoms with van der Waals surface area (Å²) in [5, 5.41) is 12.2. The average Bonchev–Trinajstić information content (AvgIpc) is 2.66. The lowest BCUT2D eigenvalue weighted by Crippen LogP contribution is -2.30. The standard InChI is InChI=1S/C11H18N2O3/c1-9(14)10-4-3-6-13(10)8-11(15)12-5-7-16-2/h3-4,6,9,14H,5,7-8H2,1-2H3,(H,12,15). The SMILES string of the molecule is COCCNC(=O)Cn1cccc1C(C)O. The van der Waals surface area contributed by atoms with Crippen molar-refractivity contribution in [2.45, 2.75) is 19.6 Å². The number of rotatable bonds is 6. The molecule has 0 aromatic carbocycles. The molecule has 90 valence electrons. The predicted octanol–water partition coefficient (Wildman–Crippen LogP) is 0.304. The van der Waals surface area contributed by atoms with Gasteiger partial charge in [0.1, 0.15) is 6.54 Å². The maximum absolute atomic E-state index is 11.5. The van der Waals surface area contributed by atoms with Gasteiger partial charge in [0.2, 0.25) is 5.91 Å².